The number of hydrogen-bond donors (Lipinski definition) is 1. The maximum Gasteiger partial charge on any atom is 0.223 e. The molecule has 6 heteroatoms. The molecule has 5 nitrogen and oxygen atoms in total. The zero-order chi connectivity index (χ0) is 22.2. The van der Waals surface area contributed by atoms with Crippen molar-refractivity contribution < 1.29 is 4.79 Å². The first-order chi connectivity index (χ1) is 15.5. The van der Waals surface area contributed by atoms with Gasteiger partial charge in [-0.25, -0.2) is 9.97 Å². The summed E-state index contributed by atoms with van der Waals surface area (Å²) in [6.07, 6.45) is 5.43. The zero-order valence-corrected chi connectivity index (χ0v) is 20.1. The van der Waals surface area contributed by atoms with E-state index in [1.165, 1.54) is 46.2 Å². The number of thiophene rings is 1. The molecular formula is C26H32N4OS. The fourth-order valence-electron chi connectivity index (χ4n) is 4.79. The van der Waals surface area contributed by atoms with E-state index in [4.69, 9.17) is 9.97 Å². The molecule has 0 unspecified atom stereocenters. The third kappa shape index (κ3) is 4.13. The maximum atomic E-state index is 12.8. The van der Waals surface area contributed by atoms with Gasteiger partial charge in [0, 0.05) is 41.7 Å². The molecule has 0 radical (unpaired) electrons. The van der Waals surface area contributed by atoms with Crippen LogP contribution in [-0.2, 0) is 11.3 Å². The molecule has 2 fully saturated rings. The van der Waals surface area contributed by atoms with Crippen molar-refractivity contribution in [3.8, 4) is 0 Å². The van der Waals surface area contributed by atoms with Gasteiger partial charge in [0.25, 0.3) is 0 Å². The minimum Gasteiger partial charge on any atom is -0.356 e. The van der Waals surface area contributed by atoms with Gasteiger partial charge in [0.05, 0.1) is 10.9 Å². The first-order valence-corrected chi connectivity index (χ1v) is 12.7. The molecular weight excluding hydrogens is 416 g/mol. The molecule has 1 aliphatic carbocycles. The number of aromatic nitrogens is 2. The van der Waals surface area contributed by atoms with Crippen LogP contribution in [0.2, 0.25) is 0 Å². The van der Waals surface area contributed by atoms with E-state index in [2.05, 4.69) is 54.6 Å². The lowest BCUT2D eigenvalue weighted by Gasteiger charge is -2.33. The normalized spacial score (nSPS) is 17.5. The molecule has 1 amide bonds. The number of nitrogens with zero attached hydrogens (tertiary/aromatic N) is 3. The van der Waals surface area contributed by atoms with Gasteiger partial charge in [0.15, 0.2) is 0 Å². The Kier molecular flexibility index (Phi) is 5.89. The number of hydrogen-bond acceptors (Lipinski definition) is 5. The molecule has 32 heavy (non-hydrogen) atoms. The molecule has 2 aliphatic rings. The van der Waals surface area contributed by atoms with E-state index in [9.17, 15) is 4.79 Å². The monoisotopic (exact) mass is 448 g/mol. The van der Waals surface area contributed by atoms with Gasteiger partial charge in [0.2, 0.25) is 5.91 Å². The molecule has 1 saturated heterocycles. The van der Waals surface area contributed by atoms with Crippen molar-refractivity contribution in [2.75, 3.05) is 18.0 Å². The Morgan fingerprint density at radius 1 is 1.09 bits per heavy atom. The Morgan fingerprint density at radius 2 is 1.88 bits per heavy atom. The lowest BCUT2D eigenvalue weighted by molar-refractivity contribution is -0.125. The third-order valence-electron chi connectivity index (χ3n) is 7.31. The summed E-state index contributed by atoms with van der Waals surface area (Å²) in [6, 6.07) is 6.40. The van der Waals surface area contributed by atoms with Crippen LogP contribution in [0.25, 0.3) is 10.9 Å². The number of fused-ring (bicyclic) bond motifs is 1. The van der Waals surface area contributed by atoms with E-state index in [0.29, 0.717) is 12.5 Å². The van der Waals surface area contributed by atoms with Crippen molar-refractivity contribution >= 4 is 34.0 Å². The highest BCUT2D eigenvalue weighted by atomic mass is 32.1. The van der Waals surface area contributed by atoms with Crippen molar-refractivity contribution in [1.29, 1.82) is 0 Å². The Hall–Kier alpha value is -2.47. The molecule has 3 heterocycles. The average Bonchev–Trinajstić information content (AvgIpc) is 3.13. The van der Waals surface area contributed by atoms with Crippen molar-refractivity contribution in [3.05, 3.63) is 51.0 Å². The third-order valence-corrected chi connectivity index (χ3v) is 8.21. The number of aryl methyl sites for hydroxylation is 3. The van der Waals surface area contributed by atoms with E-state index in [-0.39, 0.29) is 11.8 Å². The molecule has 1 aromatic carbocycles. The van der Waals surface area contributed by atoms with Gasteiger partial charge in [-0.2, -0.15) is 0 Å². The van der Waals surface area contributed by atoms with Gasteiger partial charge in [-0.3, -0.25) is 4.79 Å². The summed E-state index contributed by atoms with van der Waals surface area (Å²) in [4.78, 5) is 26.4. The largest absolute Gasteiger partial charge is 0.356 e. The van der Waals surface area contributed by atoms with Crippen molar-refractivity contribution in [3.63, 3.8) is 0 Å². The summed E-state index contributed by atoms with van der Waals surface area (Å²) in [5.74, 6) is 2.88. The second-order valence-electron chi connectivity index (χ2n) is 9.48. The van der Waals surface area contributed by atoms with Crippen LogP contribution >= 0.6 is 11.3 Å². The lowest BCUT2D eigenvalue weighted by atomic mass is 9.85. The Bertz CT molecular complexity index is 1140. The summed E-state index contributed by atoms with van der Waals surface area (Å²) in [7, 11) is 0. The molecule has 1 aliphatic heterocycles. The number of amides is 1. The summed E-state index contributed by atoms with van der Waals surface area (Å²) >= 11 is 1.76. The standard InChI is InChI=1S/C26H32N4OS/c1-16-7-8-19(13-17(16)2)14-27-26(31)21-9-11-30(12-10-21)25-23-18(3)32-15-22(23)28-24(29-25)20-5-4-6-20/h7-8,13,15,20-21H,4-6,9-12,14H2,1-3H3,(H,27,31). The van der Waals surface area contributed by atoms with Gasteiger partial charge >= 0.3 is 0 Å². The highest BCUT2D eigenvalue weighted by Crippen LogP contribution is 2.39. The van der Waals surface area contributed by atoms with Crippen molar-refractivity contribution in [2.24, 2.45) is 5.92 Å². The number of benzene rings is 1. The number of anilines is 1. The second kappa shape index (κ2) is 8.81. The first kappa shape index (κ1) is 21.4. The molecule has 168 valence electrons. The minimum atomic E-state index is 0.0739. The second-order valence-corrected chi connectivity index (χ2v) is 10.6. The topological polar surface area (TPSA) is 58.1 Å². The Balaban J connectivity index is 1.25. The summed E-state index contributed by atoms with van der Waals surface area (Å²) in [6.45, 7) is 8.73. The van der Waals surface area contributed by atoms with E-state index in [1.807, 2.05) is 0 Å². The molecule has 0 spiro atoms. The zero-order valence-electron chi connectivity index (χ0n) is 19.3. The lowest BCUT2D eigenvalue weighted by Crippen LogP contribution is -2.41. The van der Waals surface area contributed by atoms with Crippen LogP contribution in [-0.4, -0.2) is 29.0 Å². The molecule has 0 bridgehead atoms. The van der Waals surface area contributed by atoms with Gasteiger partial charge in [0.1, 0.15) is 11.6 Å². The number of rotatable bonds is 5. The van der Waals surface area contributed by atoms with Crippen LogP contribution in [0.1, 0.15) is 65.4 Å². The fourth-order valence-corrected chi connectivity index (χ4v) is 5.56. The van der Waals surface area contributed by atoms with E-state index >= 15 is 0 Å². The molecule has 5 rings (SSSR count). The summed E-state index contributed by atoms with van der Waals surface area (Å²) in [5, 5.41) is 6.54. The predicted molar refractivity (Wildman–Crippen MR) is 131 cm³/mol. The summed E-state index contributed by atoms with van der Waals surface area (Å²) in [5.41, 5.74) is 4.81. The van der Waals surface area contributed by atoms with Crippen molar-refractivity contribution in [1.82, 2.24) is 15.3 Å². The van der Waals surface area contributed by atoms with Crippen LogP contribution in [0, 0.1) is 26.7 Å². The predicted octanol–water partition coefficient (Wildman–Crippen LogP) is 5.42. The van der Waals surface area contributed by atoms with Crippen LogP contribution in [0.4, 0.5) is 5.82 Å². The highest BCUT2D eigenvalue weighted by Gasteiger charge is 2.29. The Labute approximate surface area is 194 Å². The van der Waals surface area contributed by atoms with Gasteiger partial charge in [-0.1, -0.05) is 24.6 Å². The number of carbonyl (C=O) groups is 1. The van der Waals surface area contributed by atoms with Crippen LogP contribution in [0.15, 0.2) is 23.6 Å². The van der Waals surface area contributed by atoms with Gasteiger partial charge in [-0.15, -0.1) is 11.3 Å². The van der Waals surface area contributed by atoms with E-state index in [0.717, 1.165) is 43.1 Å². The fraction of sp³-hybridized carbons (Fsp3) is 0.500. The van der Waals surface area contributed by atoms with Gasteiger partial charge in [-0.05, 0) is 63.1 Å². The van der Waals surface area contributed by atoms with E-state index in [1.54, 1.807) is 11.3 Å². The van der Waals surface area contributed by atoms with Crippen LogP contribution in [0.3, 0.4) is 0 Å². The van der Waals surface area contributed by atoms with Crippen LogP contribution in [0.5, 0.6) is 0 Å². The smallest absolute Gasteiger partial charge is 0.223 e. The van der Waals surface area contributed by atoms with Gasteiger partial charge < -0.3 is 10.2 Å². The highest BCUT2D eigenvalue weighted by molar-refractivity contribution is 7.11. The number of nitrogens with one attached hydrogen (secondary N) is 1. The SMILES string of the molecule is Cc1ccc(CNC(=O)C2CCN(c3nc(C4CCC4)nc4csc(C)c34)CC2)cc1C. The molecule has 2 aromatic heterocycles. The average molecular weight is 449 g/mol. The molecule has 0 atom stereocenters. The summed E-state index contributed by atoms with van der Waals surface area (Å²) < 4.78 is 0. The molecule has 3 aromatic rings. The molecule has 1 saturated carbocycles. The molecule has 1 N–H and O–H groups in total. The quantitative estimate of drug-likeness (QED) is 0.566. The minimum absolute atomic E-state index is 0.0739. The Morgan fingerprint density at radius 3 is 2.56 bits per heavy atom. The van der Waals surface area contributed by atoms with E-state index < -0.39 is 0 Å². The number of carbonyl (C=O) groups excluding carboxylic acids is 1. The first-order valence-electron chi connectivity index (χ1n) is 11.8. The van der Waals surface area contributed by atoms with Crippen molar-refractivity contribution in [2.45, 2.75) is 65.3 Å². The van der Waals surface area contributed by atoms with Crippen LogP contribution < -0.4 is 10.2 Å². The number of piperidine rings is 1. The maximum absolute atomic E-state index is 12.8.